The summed E-state index contributed by atoms with van der Waals surface area (Å²) in [7, 11) is 0. The fourth-order valence-corrected chi connectivity index (χ4v) is 7.06. The van der Waals surface area contributed by atoms with Gasteiger partial charge in [0.1, 0.15) is 11.9 Å². The molecule has 2 aromatic carbocycles. The van der Waals surface area contributed by atoms with Crippen LogP contribution in [0.15, 0.2) is 36.4 Å². The van der Waals surface area contributed by atoms with E-state index >= 15 is 4.39 Å². The molecule has 1 aliphatic carbocycles. The summed E-state index contributed by atoms with van der Waals surface area (Å²) in [6, 6.07) is 11.9. The standard InChI is InChI=1S/C32H40FN3O3/c1-2-39-23-10-12-25-28(20-23)34-22(13-17-35-15-5-6-16-35)14-18-36-29-19-21(32(37)38)9-11-26(29)30(31(25)36)24-7-3-4-8-27(24)33/h9-12,19-20,22,24,27,34H,2-8,13-18H2,1H3,(H,37,38)/t22?,24?,27-/m0/s1. The molecule has 2 unspecified atom stereocenters. The largest absolute Gasteiger partial charge is 0.494 e. The van der Waals surface area contributed by atoms with Crippen molar-refractivity contribution in [3.8, 4) is 17.0 Å². The van der Waals surface area contributed by atoms with Crippen LogP contribution in [0.5, 0.6) is 5.75 Å². The third-order valence-electron chi connectivity index (χ3n) is 9.01. The first kappa shape index (κ1) is 26.2. The van der Waals surface area contributed by atoms with E-state index in [1.54, 1.807) is 12.1 Å². The van der Waals surface area contributed by atoms with Crippen LogP contribution in [0.1, 0.15) is 80.1 Å². The van der Waals surface area contributed by atoms with E-state index in [2.05, 4.69) is 26.9 Å². The van der Waals surface area contributed by atoms with Crippen LogP contribution in [0.3, 0.4) is 0 Å². The van der Waals surface area contributed by atoms with Crippen molar-refractivity contribution < 1.29 is 19.0 Å². The number of hydrogen-bond acceptors (Lipinski definition) is 4. The zero-order valence-electron chi connectivity index (χ0n) is 22.9. The molecule has 3 aromatic rings. The smallest absolute Gasteiger partial charge is 0.335 e. The maximum absolute atomic E-state index is 15.6. The fourth-order valence-electron chi connectivity index (χ4n) is 7.06. The van der Waals surface area contributed by atoms with Crippen LogP contribution in [-0.4, -0.2) is 59.0 Å². The zero-order chi connectivity index (χ0) is 26.9. The van der Waals surface area contributed by atoms with E-state index in [0.29, 0.717) is 13.0 Å². The lowest BCUT2D eigenvalue weighted by atomic mass is 9.80. The van der Waals surface area contributed by atoms with Crippen molar-refractivity contribution in [1.29, 1.82) is 0 Å². The average molecular weight is 534 g/mol. The Morgan fingerprint density at radius 2 is 1.87 bits per heavy atom. The molecule has 1 saturated carbocycles. The van der Waals surface area contributed by atoms with Gasteiger partial charge in [-0.1, -0.05) is 18.9 Å². The van der Waals surface area contributed by atoms with E-state index in [4.69, 9.17) is 4.74 Å². The Balaban J connectivity index is 1.51. The number of benzene rings is 2. The van der Waals surface area contributed by atoms with Gasteiger partial charge in [0, 0.05) is 53.3 Å². The molecule has 208 valence electrons. The molecule has 0 spiro atoms. The summed E-state index contributed by atoms with van der Waals surface area (Å²) < 4.78 is 23.8. The number of carboxylic acid groups (broad SMARTS) is 1. The number of ether oxygens (including phenoxy) is 1. The second-order valence-electron chi connectivity index (χ2n) is 11.5. The van der Waals surface area contributed by atoms with Crippen molar-refractivity contribution in [2.45, 2.75) is 83.0 Å². The fraction of sp³-hybridized carbons (Fsp3) is 0.531. The summed E-state index contributed by atoms with van der Waals surface area (Å²) in [5.74, 6) is -0.313. The predicted molar refractivity (Wildman–Crippen MR) is 154 cm³/mol. The highest BCUT2D eigenvalue weighted by atomic mass is 19.1. The first-order chi connectivity index (χ1) is 19.0. The molecular weight excluding hydrogens is 493 g/mol. The van der Waals surface area contributed by atoms with Crippen LogP contribution in [0, 0.1) is 0 Å². The number of likely N-dealkylation sites (tertiary alicyclic amines) is 1. The van der Waals surface area contributed by atoms with E-state index in [1.165, 1.54) is 25.9 Å². The minimum atomic E-state index is -0.937. The average Bonchev–Trinajstić information content (AvgIpc) is 3.55. The molecule has 3 atom stereocenters. The number of aromatic carboxylic acids is 1. The molecule has 7 heteroatoms. The number of halogens is 1. The first-order valence-corrected chi connectivity index (χ1v) is 14.8. The van der Waals surface area contributed by atoms with Gasteiger partial charge in [0.15, 0.2) is 0 Å². The molecule has 2 aliphatic heterocycles. The Morgan fingerprint density at radius 1 is 1.05 bits per heavy atom. The summed E-state index contributed by atoms with van der Waals surface area (Å²) in [6.07, 6.45) is 6.93. The van der Waals surface area contributed by atoms with Crippen molar-refractivity contribution in [2.75, 3.05) is 31.6 Å². The number of aromatic nitrogens is 1. The van der Waals surface area contributed by atoms with E-state index in [9.17, 15) is 9.90 Å². The SMILES string of the molecule is CCOc1ccc2c(c1)NC(CCN1CCCC1)CCn1c-2c(C2CCCC[C@@H]2F)c2ccc(C(=O)O)cc21. The lowest BCUT2D eigenvalue weighted by Gasteiger charge is -2.31. The number of nitrogens with one attached hydrogen (secondary N) is 1. The number of carbonyl (C=O) groups is 1. The Labute approximate surface area is 230 Å². The molecular formula is C32H40FN3O3. The van der Waals surface area contributed by atoms with E-state index in [0.717, 1.165) is 84.4 Å². The summed E-state index contributed by atoms with van der Waals surface area (Å²) >= 11 is 0. The van der Waals surface area contributed by atoms with Crippen molar-refractivity contribution in [1.82, 2.24) is 9.47 Å². The second kappa shape index (κ2) is 11.2. The van der Waals surface area contributed by atoms with Gasteiger partial charge in [-0.15, -0.1) is 0 Å². The highest BCUT2D eigenvalue weighted by molar-refractivity contribution is 5.99. The Bertz CT molecular complexity index is 1350. The summed E-state index contributed by atoms with van der Waals surface area (Å²) in [5, 5.41) is 14.7. The second-order valence-corrected chi connectivity index (χ2v) is 11.5. The predicted octanol–water partition coefficient (Wildman–Crippen LogP) is 7.07. The molecule has 0 amide bonds. The van der Waals surface area contributed by atoms with Crippen molar-refractivity contribution in [3.63, 3.8) is 0 Å². The normalized spacial score (nSPS) is 23.5. The highest BCUT2D eigenvalue weighted by Gasteiger charge is 2.34. The molecule has 0 bridgehead atoms. The summed E-state index contributed by atoms with van der Waals surface area (Å²) in [4.78, 5) is 14.5. The van der Waals surface area contributed by atoms with Crippen molar-refractivity contribution in [3.05, 3.63) is 47.5 Å². The highest BCUT2D eigenvalue weighted by Crippen LogP contribution is 2.48. The van der Waals surface area contributed by atoms with Crippen LogP contribution < -0.4 is 10.1 Å². The zero-order valence-corrected chi connectivity index (χ0v) is 22.9. The van der Waals surface area contributed by atoms with Gasteiger partial charge in [-0.3, -0.25) is 0 Å². The molecule has 2 N–H and O–H groups in total. The maximum Gasteiger partial charge on any atom is 0.335 e. The molecule has 6 rings (SSSR count). The molecule has 6 nitrogen and oxygen atoms in total. The molecule has 1 aromatic heterocycles. The maximum atomic E-state index is 15.6. The van der Waals surface area contributed by atoms with Gasteiger partial charge in [0.2, 0.25) is 0 Å². The van der Waals surface area contributed by atoms with Gasteiger partial charge in [0.05, 0.1) is 17.9 Å². The summed E-state index contributed by atoms with van der Waals surface area (Å²) in [6.45, 7) is 6.75. The minimum absolute atomic E-state index is 0.196. The van der Waals surface area contributed by atoms with Gasteiger partial charge in [-0.2, -0.15) is 0 Å². The van der Waals surface area contributed by atoms with Gasteiger partial charge in [-0.05, 0) is 88.4 Å². The lowest BCUT2D eigenvalue weighted by molar-refractivity contribution is 0.0697. The number of alkyl halides is 1. The van der Waals surface area contributed by atoms with Gasteiger partial charge in [-0.25, -0.2) is 9.18 Å². The van der Waals surface area contributed by atoms with E-state index < -0.39 is 12.1 Å². The molecule has 3 heterocycles. The number of aryl methyl sites for hydroxylation is 1. The van der Waals surface area contributed by atoms with E-state index in [1.807, 2.05) is 19.1 Å². The van der Waals surface area contributed by atoms with Crippen LogP contribution in [0.4, 0.5) is 10.1 Å². The number of rotatable bonds is 7. The van der Waals surface area contributed by atoms with Crippen LogP contribution in [0.25, 0.3) is 22.2 Å². The van der Waals surface area contributed by atoms with Gasteiger partial charge >= 0.3 is 5.97 Å². The van der Waals surface area contributed by atoms with E-state index in [-0.39, 0.29) is 17.5 Å². The van der Waals surface area contributed by atoms with Gasteiger partial charge in [0.25, 0.3) is 0 Å². The number of nitrogens with zero attached hydrogens (tertiary/aromatic N) is 2. The number of hydrogen-bond donors (Lipinski definition) is 2. The van der Waals surface area contributed by atoms with Crippen molar-refractivity contribution in [2.24, 2.45) is 0 Å². The molecule has 2 fully saturated rings. The van der Waals surface area contributed by atoms with Crippen LogP contribution in [0.2, 0.25) is 0 Å². The first-order valence-electron chi connectivity index (χ1n) is 14.8. The van der Waals surface area contributed by atoms with Crippen molar-refractivity contribution >= 4 is 22.6 Å². The monoisotopic (exact) mass is 533 g/mol. The topological polar surface area (TPSA) is 66.7 Å². The number of fused-ring (bicyclic) bond motifs is 5. The molecule has 39 heavy (non-hydrogen) atoms. The molecule has 0 radical (unpaired) electrons. The summed E-state index contributed by atoms with van der Waals surface area (Å²) in [5.41, 5.74) is 5.31. The number of anilines is 1. The Hall–Kier alpha value is -3.06. The Kier molecular flexibility index (Phi) is 7.52. The molecule has 1 saturated heterocycles. The quantitative estimate of drug-likeness (QED) is 0.340. The van der Waals surface area contributed by atoms with Crippen LogP contribution in [-0.2, 0) is 6.54 Å². The lowest BCUT2D eigenvalue weighted by Crippen LogP contribution is -2.30. The van der Waals surface area contributed by atoms with Crippen LogP contribution >= 0.6 is 0 Å². The Morgan fingerprint density at radius 3 is 2.64 bits per heavy atom. The number of carboxylic acids is 1. The van der Waals surface area contributed by atoms with Gasteiger partial charge < -0.3 is 24.6 Å². The minimum Gasteiger partial charge on any atom is -0.494 e. The third-order valence-corrected chi connectivity index (χ3v) is 9.01. The third kappa shape index (κ3) is 5.13. The molecule has 3 aliphatic rings.